The molecule has 0 spiro atoms. The summed E-state index contributed by atoms with van der Waals surface area (Å²) in [4.78, 5) is 33.8. The summed E-state index contributed by atoms with van der Waals surface area (Å²) < 4.78 is 0. The van der Waals surface area contributed by atoms with Crippen LogP contribution in [-0.2, 0) is 0 Å². The summed E-state index contributed by atoms with van der Waals surface area (Å²) in [6.07, 6.45) is 0. The Morgan fingerprint density at radius 1 is 0.920 bits per heavy atom. The van der Waals surface area contributed by atoms with Crippen LogP contribution in [0.2, 0.25) is 5.02 Å². The zero-order valence-electron chi connectivity index (χ0n) is 12.5. The smallest absolute Gasteiger partial charge is 0.269 e. The number of halogens is 1. The second-order valence-electron chi connectivity index (χ2n) is 4.67. The van der Waals surface area contributed by atoms with E-state index < -0.39 is 16.7 Å². The van der Waals surface area contributed by atoms with Crippen molar-refractivity contribution >= 4 is 46.4 Å². The molecule has 0 unspecified atom stereocenters. The van der Waals surface area contributed by atoms with E-state index >= 15 is 0 Å². The summed E-state index contributed by atoms with van der Waals surface area (Å²) >= 11 is 10.6. The number of nitrogens with one attached hydrogen (secondary N) is 3. The fourth-order valence-corrected chi connectivity index (χ4v) is 2.00. The molecule has 0 aliphatic rings. The number of hydrogen-bond donors (Lipinski definition) is 3. The Morgan fingerprint density at radius 3 is 2.00 bits per heavy atom. The molecule has 0 saturated carbocycles. The summed E-state index contributed by atoms with van der Waals surface area (Å²) in [6, 6.07) is 11.2. The molecule has 3 N–H and O–H groups in total. The molecule has 8 nitrogen and oxygen atoms in total. The molecule has 0 aliphatic carbocycles. The first-order chi connectivity index (χ1) is 11.9. The predicted molar refractivity (Wildman–Crippen MR) is 95.2 cm³/mol. The number of thiocarbonyl (C=S) groups is 1. The molecule has 0 radical (unpaired) electrons. The van der Waals surface area contributed by atoms with E-state index in [0.717, 1.165) is 0 Å². The van der Waals surface area contributed by atoms with Crippen molar-refractivity contribution in [3.05, 3.63) is 74.8 Å². The number of non-ortho nitro benzene ring substituents is 1. The van der Waals surface area contributed by atoms with Crippen molar-refractivity contribution in [2.24, 2.45) is 0 Å². The molecule has 25 heavy (non-hydrogen) atoms. The largest absolute Gasteiger partial charge is 0.298 e. The quantitative estimate of drug-likeness (QED) is 0.428. The van der Waals surface area contributed by atoms with Gasteiger partial charge in [-0.15, -0.1) is 0 Å². The van der Waals surface area contributed by atoms with Crippen LogP contribution in [0.25, 0.3) is 0 Å². The lowest BCUT2D eigenvalue weighted by molar-refractivity contribution is -0.384. The van der Waals surface area contributed by atoms with Crippen LogP contribution < -0.4 is 16.2 Å². The highest BCUT2D eigenvalue weighted by molar-refractivity contribution is 7.80. The first-order valence-corrected chi connectivity index (χ1v) is 7.57. The van der Waals surface area contributed by atoms with Crippen LogP contribution in [0, 0.1) is 10.1 Å². The minimum atomic E-state index is -0.571. The van der Waals surface area contributed by atoms with Crippen LogP contribution in [0.4, 0.5) is 5.69 Å². The van der Waals surface area contributed by atoms with Gasteiger partial charge in [-0.2, -0.15) is 0 Å². The highest BCUT2D eigenvalue weighted by Gasteiger charge is 2.11. The van der Waals surface area contributed by atoms with Gasteiger partial charge in [-0.05, 0) is 48.6 Å². The van der Waals surface area contributed by atoms with Gasteiger partial charge < -0.3 is 0 Å². The fraction of sp³-hybridized carbons (Fsp3) is 0. The lowest BCUT2D eigenvalue weighted by Gasteiger charge is -2.10. The van der Waals surface area contributed by atoms with Crippen molar-refractivity contribution in [3.8, 4) is 0 Å². The van der Waals surface area contributed by atoms with E-state index in [2.05, 4.69) is 16.2 Å². The topological polar surface area (TPSA) is 113 Å². The number of nitro groups is 1. The lowest BCUT2D eigenvalue weighted by atomic mass is 10.2. The summed E-state index contributed by atoms with van der Waals surface area (Å²) in [7, 11) is 0. The molecule has 2 amide bonds. The maximum Gasteiger partial charge on any atom is 0.269 e. The second kappa shape index (κ2) is 8.18. The zero-order chi connectivity index (χ0) is 18.4. The standard InChI is InChI=1S/C15H11ClN4O4S/c16-11-5-1-9(2-6-11)13(21)17-15(25)19-18-14(22)10-3-7-12(8-4-10)20(23)24/h1-8H,(H,18,22)(H2,17,19,21,25). The molecule has 10 heteroatoms. The molecule has 2 aromatic carbocycles. The fourth-order valence-electron chi connectivity index (χ4n) is 1.73. The van der Waals surface area contributed by atoms with E-state index in [-0.39, 0.29) is 16.4 Å². The van der Waals surface area contributed by atoms with Gasteiger partial charge in [-0.3, -0.25) is 35.9 Å². The number of nitro benzene ring substituents is 1. The van der Waals surface area contributed by atoms with Gasteiger partial charge in [0.2, 0.25) is 0 Å². The zero-order valence-corrected chi connectivity index (χ0v) is 14.1. The van der Waals surface area contributed by atoms with Crippen molar-refractivity contribution in [3.63, 3.8) is 0 Å². The third kappa shape index (κ3) is 5.23. The van der Waals surface area contributed by atoms with Crippen molar-refractivity contribution in [1.29, 1.82) is 0 Å². The van der Waals surface area contributed by atoms with Crippen LogP contribution in [0.5, 0.6) is 0 Å². The van der Waals surface area contributed by atoms with Crippen molar-refractivity contribution in [2.45, 2.75) is 0 Å². The normalized spacial score (nSPS) is 9.80. The number of amides is 2. The van der Waals surface area contributed by atoms with E-state index in [4.69, 9.17) is 23.8 Å². The molecular formula is C15H11ClN4O4S. The molecule has 2 rings (SSSR count). The van der Waals surface area contributed by atoms with Gasteiger partial charge in [0.1, 0.15) is 0 Å². The van der Waals surface area contributed by atoms with E-state index in [1.165, 1.54) is 36.4 Å². The maximum atomic E-state index is 11.9. The minimum absolute atomic E-state index is 0.116. The molecule has 0 atom stereocenters. The summed E-state index contributed by atoms with van der Waals surface area (Å²) in [5.74, 6) is -1.04. The van der Waals surface area contributed by atoms with Crippen LogP contribution in [-0.4, -0.2) is 21.9 Å². The number of hydrogen-bond acceptors (Lipinski definition) is 5. The molecular weight excluding hydrogens is 368 g/mol. The number of nitrogens with zero attached hydrogens (tertiary/aromatic N) is 1. The Labute approximate surface area is 152 Å². The number of rotatable bonds is 3. The van der Waals surface area contributed by atoms with Gasteiger partial charge in [0.15, 0.2) is 5.11 Å². The maximum absolute atomic E-state index is 11.9. The Kier molecular flexibility index (Phi) is 5.98. The van der Waals surface area contributed by atoms with Gasteiger partial charge in [0, 0.05) is 28.3 Å². The third-order valence-electron chi connectivity index (χ3n) is 2.96. The Bertz CT molecular complexity index is 824. The van der Waals surface area contributed by atoms with Gasteiger partial charge in [-0.25, -0.2) is 0 Å². The molecule has 0 heterocycles. The van der Waals surface area contributed by atoms with Gasteiger partial charge in [0.25, 0.3) is 17.5 Å². The first kappa shape index (κ1) is 18.3. The van der Waals surface area contributed by atoms with Crippen LogP contribution in [0.3, 0.4) is 0 Å². The van der Waals surface area contributed by atoms with E-state index in [1.54, 1.807) is 12.1 Å². The molecule has 0 saturated heterocycles. The number of carbonyl (C=O) groups excluding carboxylic acids is 2. The van der Waals surface area contributed by atoms with Crippen molar-refractivity contribution in [1.82, 2.24) is 16.2 Å². The SMILES string of the molecule is O=C(NNC(=S)NC(=O)c1ccc(Cl)cc1)c1ccc([N+](=O)[O-])cc1. The van der Waals surface area contributed by atoms with Gasteiger partial charge >= 0.3 is 0 Å². The molecule has 2 aromatic rings. The Hall–Kier alpha value is -3.04. The van der Waals surface area contributed by atoms with Crippen LogP contribution >= 0.6 is 23.8 Å². The van der Waals surface area contributed by atoms with Gasteiger partial charge in [0.05, 0.1) is 4.92 Å². The average molecular weight is 379 g/mol. The van der Waals surface area contributed by atoms with E-state index in [9.17, 15) is 19.7 Å². The first-order valence-electron chi connectivity index (χ1n) is 6.78. The summed E-state index contributed by atoms with van der Waals surface area (Å²) in [5.41, 5.74) is 5.05. The van der Waals surface area contributed by atoms with Crippen molar-refractivity contribution < 1.29 is 14.5 Å². The third-order valence-corrected chi connectivity index (χ3v) is 3.42. The molecule has 0 fully saturated rings. The molecule has 0 aliphatic heterocycles. The molecule has 0 bridgehead atoms. The average Bonchev–Trinajstić information content (AvgIpc) is 2.60. The highest BCUT2D eigenvalue weighted by Crippen LogP contribution is 2.11. The van der Waals surface area contributed by atoms with Crippen molar-refractivity contribution in [2.75, 3.05) is 0 Å². The van der Waals surface area contributed by atoms with Gasteiger partial charge in [-0.1, -0.05) is 11.6 Å². The van der Waals surface area contributed by atoms with Crippen LogP contribution in [0.1, 0.15) is 20.7 Å². The Balaban J connectivity index is 1.86. The monoisotopic (exact) mass is 378 g/mol. The summed E-state index contributed by atoms with van der Waals surface area (Å²) in [5, 5.41) is 13.3. The minimum Gasteiger partial charge on any atom is -0.298 e. The highest BCUT2D eigenvalue weighted by atomic mass is 35.5. The molecule has 0 aromatic heterocycles. The second-order valence-corrected chi connectivity index (χ2v) is 5.52. The number of hydrazine groups is 1. The number of carbonyl (C=O) groups is 2. The lowest BCUT2D eigenvalue weighted by Crippen LogP contribution is -2.48. The Morgan fingerprint density at radius 2 is 1.44 bits per heavy atom. The molecule has 128 valence electrons. The predicted octanol–water partition coefficient (Wildman–Crippen LogP) is 2.20. The number of benzene rings is 2. The summed E-state index contributed by atoms with van der Waals surface area (Å²) in [6.45, 7) is 0. The van der Waals surface area contributed by atoms with Crippen LogP contribution in [0.15, 0.2) is 48.5 Å². The van der Waals surface area contributed by atoms with E-state index in [0.29, 0.717) is 10.6 Å². The van der Waals surface area contributed by atoms with E-state index in [1.807, 2.05) is 0 Å².